The third-order valence-electron chi connectivity index (χ3n) is 6.12. The lowest BCUT2D eigenvalue weighted by Gasteiger charge is -2.30. The summed E-state index contributed by atoms with van der Waals surface area (Å²) in [6.07, 6.45) is 7.83. The lowest BCUT2D eigenvalue weighted by Crippen LogP contribution is -2.30. The molecular weight excluding hydrogens is 414 g/mol. The van der Waals surface area contributed by atoms with Gasteiger partial charge in [0.05, 0.1) is 0 Å². The highest BCUT2D eigenvalue weighted by atomic mass is 16.2. The molecular formula is C26H31N5O2. The zero-order valence-corrected chi connectivity index (χ0v) is 19.3. The summed E-state index contributed by atoms with van der Waals surface area (Å²) in [6.45, 7) is 4.50. The molecule has 0 atom stereocenters. The number of hydrogen-bond donors (Lipinski definition) is 2. The average molecular weight is 446 g/mol. The Balaban J connectivity index is 1.37. The van der Waals surface area contributed by atoms with Crippen LogP contribution in [-0.4, -0.2) is 40.3 Å². The fourth-order valence-electron chi connectivity index (χ4n) is 4.23. The van der Waals surface area contributed by atoms with Gasteiger partial charge in [-0.3, -0.25) is 14.0 Å². The SMILES string of the molecule is C/C(=C\c1ccc(CNC(=O)c2cc(=O)n3ccccc3n2)cc1N)CN(C)CC1CCC1. The zero-order valence-electron chi connectivity index (χ0n) is 19.3. The van der Waals surface area contributed by atoms with E-state index in [0.717, 1.165) is 30.1 Å². The van der Waals surface area contributed by atoms with Crippen LogP contribution >= 0.6 is 0 Å². The Kier molecular flexibility index (Phi) is 6.89. The standard InChI is InChI=1S/C26H31N5O2/c1-18(16-30(2)17-19-6-5-7-19)12-21-10-9-20(13-22(21)27)15-28-26(33)23-14-25(32)31-11-4-3-8-24(31)29-23/h3-4,8-14,19H,5-7,15-17,27H2,1-2H3,(H,28,33)/b18-12+. The van der Waals surface area contributed by atoms with Gasteiger partial charge in [-0.25, -0.2) is 4.98 Å². The van der Waals surface area contributed by atoms with Gasteiger partial charge in [-0.15, -0.1) is 0 Å². The van der Waals surface area contributed by atoms with Crippen LogP contribution in [0.25, 0.3) is 11.7 Å². The number of carbonyl (C=O) groups is 1. The second-order valence-electron chi connectivity index (χ2n) is 9.04. The number of nitrogens with two attached hydrogens (primary N) is 1. The first-order valence-corrected chi connectivity index (χ1v) is 11.4. The zero-order chi connectivity index (χ0) is 23.4. The summed E-state index contributed by atoms with van der Waals surface area (Å²) in [5.41, 5.74) is 10.3. The molecule has 1 aliphatic carbocycles. The van der Waals surface area contributed by atoms with Crippen LogP contribution in [0.2, 0.25) is 0 Å². The molecule has 33 heavy (non-hydrogen) atoms. The van der Waals surface area contributed by atoms with Crippen molar-refractivity contribution < 1.29 is 4.79 Å². The van der Waals surface area contributed by atoms with Crippen molar-refractivity contribution in [2.45, 2.75) is 32.7 Å². The van der Waals surface area contributed by atoms with Gasteiger partial charge in [0.15, 0.2) is 0 Å². The first-order valence-electron chi connectivity index (χ1n) is 11.4. The quantitative estimate of drug-likeness (QED) is 0.519. The largest absolute Gasteiger partial charge is 0.398 e. The van der Waals surface area contributed by atoms with Gasteiger partial charge in [0.1, 0.15) is 11.3 Å². The minimum absolute atomic E-state index is 0.0976. The maximum Gasteiger partial charge on any atom is 0.270 e. The Morgan fingerprint density at radius 3 is 2.82 bits per heavy atom. The van der Waals surface area contributed by atoms with Crippen LogP contribution in [0.5, 0.6) is 0 Å². The predicted octanol–water partition coefficient (Wildman–Crippen LogP) is 3.34. The minimum Gasteiger partial charge on any atom is -0.398 e. The number of benzene rings is 1. The number of nitrogen functional groups attached to an aromatic ring is 1. The number of rotatable bonds is 8. The van der Waals surface area contributed by atoms with E-state index in [1.165, 1.54) is 35.3 Å². The molecule has 0 saturated heterocycles. The number of likely N-dealkylation sites (N-methyl/N-ethyl adjacent to an activating group) is 1. The molecule has 2 heterocycles. The highest BCUT2D eigenvalue weighted by Crippen LogP contribution is 2.27. The molecule has 0 unspecified atom stereocenters. The van der Waals surface area contributed by atoms with Gasteiger partial charge in [-0.05, 0) is 62.1 Å². The van der Waals surface area contributed by atoms with Crippen LogP contribution in [-0.2, 0) is 6.54 Å². The molecule has 1 fully saturated rings. The van der Waals surface area contributed by atoms with Crippen molar-refractivity contribution in [2.75, 3.05) is 25.9 Å². The number of amides is 1. The third kappa shape index (κ3) is 5.68. The molecule has 7 heteroatoms. The summed E-state index contributed by atoms with van der Waals surface area (Å²) < 4.78 is 1.40. The Hall–Kier alpha value is -3.45. The highest BCUT2D eigenvalue weighted by Gasteiger charge is 2.19. The molecule has 0 spiro atoms. The number of pyridine rings is 1. The van der Waals surface area contributed by atoms with Gasteiger partial charge >= 0.3 is 0 Å². The highest BCUT2D eigenvalue weighted by molar-refractivity contribution is 5.92. The molecule has 0 aliphatic heterocycles. The van der Waals surface area contributed by atoms with Crippen molar-refractivity contribution in [2.24, 2.45) is 5.92 Å². The summed E-state index contributed by atoms with van der Waals surface area (Å²) in [7, 11) is 2.17. The van der Waals surface area contributed by atoms with E-state index in [1.54, 1.807) is 24.4 Å². The molecule has 172 valence electrons. The normalized spacial score (nSPS) is 14.5. The molecule has 7 nitrogen and oxygen atoms in total. The van der Waals surface area contributed by atoms with Gasteiger partial charge in [-0.1, -0.05) is 36.3 Å². The minimum atomic E-state index is -0.397. The number of carbonyl (C=O) groups excluding carboxylic acids is 1. The second-order valence-corrected chi connectivity index (χ2v) is 9.04. The number of hydrogen-bond acceptors (Lipinski definition) is 5. The van der Waals surface area contributed by atoms with Crippen molar-refractivity contribution in [3.63, 3.8) is 0 Å². The van der Waals surface area contributed by atoms with Gasteiger partial charge < -0.3 is 16.0 Å². The molecule has 4 rings (SSSR count). The summed E-state index contributed by atoms with van der Waals surface area (Å²) in [6, 6.07) is 12.3. The van der Waals surface area contributed by atoms with Crippen LogP contribution in [0.4, 0.5) is 5.69 Å². The van der Waals surface area contributed by atoms with Crippen molar-refractivity contribution in [1.29, 1.82) is 0 Å². The molecule has 0 bridgehead atoms. The number of aromatic nitrogens is 2. The second kappa shape index (κ2) is 10.0. The maximum absolute atomic E-state index is 12.5. The van der Waals surface area contributed by atoms with Crippen LogP contribution < -0.4 is 16.6 Å². The van der Waals surface area contributed by atoms with Gasteiger partial charge in [0, 0.05) is 37.6 Å². The topological polar surface area (TPSA) is 92.7 Å². The van der Waals surface area contributed by atoms with Crippen molar-refractivity contribution >= 4 is 23.3 Å². The Labute approximate surface area is 193 Å². The van der Waals surface area contributed by atoms with Gasteiger partial charge in [-0.2, -0.15) is 0 Å². The van der Waals surface area contributed by atoms with E-state index in [0.29, 0.717) is 17.9 Å². The van der Waals surface area contributed by atoms with Crippen molar-refractivity contribution in [3.05, 3.63) is 81.4 Å². The average Bonchev–Trinajstić information content (AvgIpc) is 2.76. The molecule has 1 saturated carbocycles. The van der Waals surface area contributed by atoms with E-state index < -0.39 is 5.91 Å². The van der Waals surface area contributed by atoms with E-state index >= 15 is 0 Å². The third-order valence-corrected chi connectivity index (χ3v) is 6.12. The summed E-state index contributed by atoms with van der Waals surface area (Å²) in [5, 5.41) is 2.82. The summed E-state index contributed by atoms with van der Waals surface area (Å²) >= 11 is 0. The van der Waals surface area contributed by atoms with Crippen LogP contribution in [0.3, 0.4) is 0 Å². The Morgan fingerprint density at radius 2 is 2.09 bits per heavy atom. The van der Waals surface area contributed by atoms with E-state index in [1.807, 2.05) is 18.2 Å². The van der Waals surface area contributed by atoms with E-state index in [2.05, 4.69) is 35.2 Å². The molecule has 3 aromatic rings. The van der Waals surface area contributed by atoms with Crippen LogP contribution in [0.1, 0.15) is 47.8 Å². The first-order chi connectivity index (χ1) is 15.9. The van der Waals surface area contributed by atoms with Crippen LogP contribution in [0, 0.1) is 5.92 Å². The molecule has 1 amide bonds. The Bertz CT molecular complexity index is 1240. The van der Waals surface area contributed by atoms with Crippen molar-refractivity contribution in [1.82, 2.24) is 19.6 Å². The van der Waals surface area contributed by atoms with Crippen LogP contribution in [0.15, 0.2) is 59.0 Å². The maximum atomic E-state index is 12.5. The van der Waals surface area contributed by atoms with Crippen molar-refractivity contribution in [3.8, 4) is 0 Å². The van der Waals surface area contributed by atoms with E-state index in [4.69, 9.17) is 5.73 Å². The van der Waals surface area contributed by atoms with E-state index in [9.17, 15) is 9.59 Å². The van der Waals surface area contributed by atoms with Gasteiger partial charge in [0.2, 0.25) is 0 Å². The molecule has 0 radical (unpaired) electrons. The van der Waals surface area contributed by atoms with Gasteiger partial charge in [0.25, 0.3) is 11.5 Å². The lowest BCUT2D eigenvalue weighted by molar-refractivity contribution is 0.0946. The molecule has 2 aromatic heterocycles. The number of nitrogens with zero attached hydrogens (tertiary/aromatic N) is 3. The fourth-order valence-corrected chi connectivity index (χ4v) is 4.23. The monoisotopic (exact) mass is 445 g/mol. The number of nitrogens with one attached hydrogen (secondary N) is 1. The lowest BCUT2D eigenvalue weighted by atomic mass is 9.85. The number of fused-ring (bicyclic) bond motifs is 1. The molecule has 1 aromatic carbocycles. The molecule has 1 aliphatic rings. The first kappa shape index (κ1) is 22.7. The molecule has 3 N–H and O–H groups in total. The fraction of sp³-hybridized carbons (Fsp3) is 0.346. The predicted molar refractivity (Wildman–Crippen MR) is 132 cm³/mol. The smallest absolute Gasteiger partial charge is 0.270 e. The summed E-state index contributed by atoms with van der Waals surface area (Å²) in [4.78, 5) is 31.4. The van der Waals surface area contributed by atoms with E-state index in [-0.39, 0.29) is 11.3 Å². The number of anilines is 1. The summed E-state index contributed by atoms with van der Waals surface area (Å²) in [5.74, 6) is 0.456. The Morgan fingerprint density at radius 1 is 1.27 bits per heavy atom.